The Hall–Kier alpha value is 0.180. The molecule has 0 aliphatic carbocycles. The van der Waals surface area contributed by atoms with Crippen molar-refractivity contribution in [3.8, 4) is 0 Å². The summed E-state index contributed by atoms with van der Waals surface area (Å²) in [5.74, 6) is 2.40. The molecule has 12 heavy (non-hydrogen) atoms. The van der Waals surface area contributed by atoms with Crippen LogP contribution in [0.15, 0.2) is 25.3 Å². The predicted molar refractivity (Wildman–Crippen MR) is 64.0 cm³/mol. The summed E-state index contributed by atoms with van der Waals surface area (Å²) in [6, 6.07) is 0. The third kappa shape index (κ3) is 8.28. The second kappa shape index (κ2) is 9.27. The fourth-order valence-electron chi connectivity index (χ4n) is 0.683. The van der Waals surface area contributed by atoms with E-state index in [2.05, 4.69) is 20.1 Å². The van der Waals surface area contributed by atoms with Crippen LogP contribution in [-0.2, 0) is 0 Å². The Bertz CT molecular complexity index is 107. The van der Waals surface area contributed by atoms with Gasteiger partial charge in [-0.1, -0.05) is 12.2 Å². The molecular formula is C10H18S2. The Morgan fingerprint density at radius 2 is 1.50 bits per heavy atom. The van der Waals surface area contributed by atoms with Gasteiger partial charge in [0.1, 0.15) is 0 Å². The normalized spacial score (nSPS) is 10.2. The first-order valence-corrected chi connectivity index (χ1v) is 6.36. The van der Waals surface area contributed by atoms with E-state index in [-0.39, 0.29) is 0 Å². The van der Waals surface area contributed by atoms with Crippen LogP contribution < -0.4 is 0 Å². The van der Waals surface area contributed by atoms with Gasteiger partial charge in [-0.2, -0.15) is 0 Å². The summed E-state index contributed by atoms with van der Waals surface area (Å²) in [4.78, 5) is 0. The van der Waals surface area contributed by atoms with Crippen molar-refractivity contribution in [1.29, 1.82) is 0 Å². The minimum atomic E-state index is 0.713. The van der Waals surface area contributed by atoms with Crippen LogP contribution in [0.25, 0.3) is 0 Å². The molecule has 0 rings (SSSR count). The van der Waals surface area contributed by atoms with Crippen molar-refractivity contribution in [3.63, 3.8) is 0 Å². The van der Waals surface area contributed by atoms with Crippen molar-refractivity contribution in [1.82, 2.24) is 0 Å². The van der Waals surface area contributed by atoms with E-state index >= 15 is 0 Å². The van der Waals surface area contributed by atoms with E-state index in [1.165, 1.54) is 11.5 Å². The second-order valence-electron chi connectivity index (χ2n) is 2.46. The molecule has 0 heterocycles. The summed E-state index contributed by atoms with van der Waals surface area (Å²) in [5.41, 5.74) is 0. The van der Waals surface area contributed by atoms with E-state index in [4.69, 9.17) is 0 Å². The molecule has 70 valence electrons. The van der Waals surface area contributed by atoms with E-state index in [1.54, 1.807) is 0 Å². The van der Waals surface area contributed by atoms with Crippen LogP contribution in [-0.4, -0.2) is 16.1 Å². The van der Waals surface area contributed by atoms with Gasteiger partial charge >= 0.3 is 0 Å². The van der Waals surface area contributed by atoms with Gasteiger partial charge in [-0.3, -0.25) is 0 Å². The minimum Gasteiger partial charge on any atom is -0.148 e. The molecule has 0 spiro atoms. The summed E-state index contributed by atoms with van der Waals surface area (Å²) >= 11 is 4.02. The molecule has 0 aromatic heterocycles. The summed E-state index contributed by atoms with van der Waals surface area (Å²) in [6.07, 6.45) is 6.20. The maximum atomic E-state index is 3.70. The fourth-order valence-corrected chi connectivity index (χ4v) is 2.91. The smallest absolute Gasteiger partial charge is 0.0474 e. The molecule has 0 N–H and O–H groups in total. The van der Waals surface area contributed by atoms with Gasteiger partial charge in [-0.15, -0.1) is 36.7 Å². The number of thioether (sulfide) groups is 2. The molecule has 0 saturated heterocycles. The van der Waals surface area contributed by atoms with Crippen LogP contribution in [0, 0.1) is 0 Å². The lowest BCUT2D eigenvalue weighted by molar-refractivity contribution is 1.22. The topological polar surface area (TPSA) is 0 Å². The molecule has 0 aliphatic rings. The van der Waals surface area contributed by atoms with Crippen LogP contribution >= 0.6 is 23.5 Å². The first-order chi connectivity index (χ1) is 5.81. The molecule has 0 atom stereocenters. The number of rotatable bonds is 8. The Morgan fingerprint density at radius 3 is 1.83 bits per heavy atom. The zero-order chi connectivity index (χ0) is 9.23. The molecule has 0 aromatic rings. The summed E-state index contributed by atoms with van der Waals surface area (Å²) in [6.45, 7) is 9.66. The van der Waals surface area contributed by atoms with E-state index < -0.39 is 0 Å². The zero-order valence-electron chi connectivity index (χ0n) is 7.79. The van der Waals surface area contributed by atoms with Crippen LogP contribution in [0.2, 0.25) is 0 Å². The minimum absolute atomic E-state index is 0.713. The van der Waals surface area contributed by atoms with Crippen LogP contribution in [0.1, 0.15) is 19.8 Å². The van der Waals surface area contributed by atoms with Gasteiger partial charge in [0.25, 0.3) is 0 Å². The quantitative estimate of drug-likeness (QED) is 0.332. The molecule has 0 unspecified atom stereocenters. The van der Waals surface area contributed by atoms with Crippen molar-refractivity contribution in [2.75, 3.05) is 11.5 Å². The number of allylic oxidation sites excluding steroid dienone is 2. The van der Waals surface area contributed by atoms with Gasteiger partial charge in [0.2, 0.25) is 0 Å². The van der Waals surface area contributed by atoms with Crippen molar-refractivity contribution in [3.05, 3.63) is 25.3 Å². The van der Waals surface area contributed by atoms with Gasteiger partial charge < -0.3 is 0 Å². The van der Waals surface area contributed by atoms with Crippen molar-refractivity contribution < 1.29 is 0 Å². The molecule has 0 nitrogen and oxygen atoms in total. The highest BCUT2D eigenvalue weighted by atomic mass is 32.2. The monoisotopic (exact) mass is 202 g/mol. The predicted octanol–water partition coefficient (Wildman–Crippen LogP) is 3.95. The lowest BCUT2D eigenvalue weighted by atomic mass is 10.5. The maximum Gasteiger partial charge on any atom is 0.0474 e. The summed E-state index contributed by atoms with van der Waals surface area (Å²) in [5, 5.41) is 0. The highest BCUT2D eigenvalue weighted by Crippen LogP contribution is 2.24. The van der Waals surface area contributed by atoms with E-state index in [0.717, 1.165) is 12.8 Å². The van der Waals surface area contributed by atoms with Gasteiger partial charge in [-0.05, 0) is 31.3 Å². The number of hydrogen-bond donors (Lipinski definition) is 0. The van der Waals surface area contributed by atoms with Crippen LogP contribution in [0.3, 0.4) is 0 Å². The van der Waals surface area contributed by atoms with E-state index in [1.807, 2.05) is 35.7 Å². The molecule has 0 radical (unpaired) electrons. The van der Waals surface area contributed by atoms with Gasteiger partial charge in [0, 0.05) is 4.58 Å². The first kappa shape index (κ1) is 12.2. The molecule has 0 amide bonds. The molecule has 0 aromatic carbocycles. The largest absolute Gasteiger partial charge is 0.148 e. The molecular weight excluding hydrogens is 184 g/mol. The van der Waals surface area contributed by atoms with Crippen LogP contribution in [0.5, 0.6) is 0 Å². The van der Waals surface area contributed by atoms with Crippen molar-refractivity contribution in [2.45, 2.75) is 24.3 Å². The highest BCUT2D eigenvalue weighted by molar-refractivity contribution is 8.16. The number of hydrogen-bond acceptors (Lipinski definition) is 2. The molecule has 0 bridgehead atoms. The van der Waals surface area contributed by atoms with Crippen LogP contribution in [0.4, 0.5) is 0 Å². The van der Waals surface area contributed by atoms with E-state index in [0.29, 0.717) is 4.58 Å². The Balaban J connectivity index is 3.14. The third-order valence-corrected chi connectivity index (χ3v) is 4.05. The Morgan fingerprint density at radius 1 is 1.08 bits per heavy atom. The van der Waals surface area contributed by atoms with Gasteiger partial charge in [-0.25, -0.2) is 0 Å². The fraction of sp³-hybridized carbons (Fsp3) is 0.600. The van der Waals surface area contributed by atoms with Gasteiger partial charge in [0.15, 0.2) is 0 Å². The highest BCUT2D eigenvalue weighted by Gasteiger charge is 2.00. The Kier molecular flexibility index (Phi) is 9.41. The maximum absolute atomic E-state index is 3.70. The van der Waals surface area contributed by atoms with E-state index in [9.17, 15) is 0 Å². The SMILES string of the molecule is C=CCCSC(C)SCCC=C. The molecule has 2 heteroatoms. The summed E-state index contributed by atoms with van der Waals surface area (Å²) in [7, 11) is 0. The van der Waals surface area contributed by atoms with Crippen molar-refractivity contribution in [2.24, 2.45) is 0 Å². The standard InChI is InChI=1S/C10H18S2/c1-4-6-8-11-10(3)12-9-7-5-2/h4-5,10H,1-2,6-9H2,3H3. The Labute approximate surface area is 84.9 Å². The lowest BCUT2D eigenvalue weighted by Gasteiger charge is -2.08. The molecule has 0 fully saturated rings. The lowest BCUT2D eigenvalue weighted by Crippen LogP contribution is -1.92. The average Bonchev–Trinajstić information content (AvgIpc) is 2.06. The average molecular weight is 202 g/mol. The summed E-state index contributed by atoms with van der Waals surface area (Å²) < 4.78 is 0.713. The zero-order valence-corrected chi connectivity index (χ0v) is 9.42. The molecule has 0 saturated carbocycles. The first-order valence-electron chi connectivity index (χ1n) is 4.26. The van der Waals surface area contributed by atoms with Gasteiger partial charge in [0.05, 0.1) is 0 Å². The third-order valence-electron chi connectivity index (χ3n) is 1.35. The molecule has 0 aliphatic heterocycles. The van der Waals surface area contributed by atoms with Crippen molar-refractivity contribution >= 4 is 23.5 Å². The second-order valence-corrected chi connectivity index (χ2v) is 5.66.